The van der Waals surface area contributed by atoms with Crippen molar-refractivity contribution >= 4 is 5.97 Å². The smallest absolute Gasteiger partial charge is 0.449 e. The molecule has 0 aliphatic carbocycles. The van der Waals surface area contributed by atoms with Crippen LogP contribution in [0.1, 0.15) is 23.2 Å². The van der Waals surface area contributed by atoms with Crippen LogP contribution in [0.5, 0.6) is 0 Å². The molecule has 0 saturated carbocycles. The topological polar surface area (TPSA) is 39.4 Å². The van der Waals surface area contributed by atoms with Crippen LogP contribution in [0.2, 0.25) is 0 Å². The quantitative estimate of drug-likeness (QED) is 0.782. The van der Waals surface area contributed by atoms with Gasteiger partial charge in [-0.15, -0.1) is 0 Å². The molecule has 22 heavy (non-hydrogen) atoms. The molecule has 0 spiro atoms. The molecule has 0 fully saturated rings. The Bertz CT molecular complexity index is 687. The molecule has 0 amide bonds. The summed E-state index contributed by atoms with van der Waals surface area (Å²) in [6, 6.07) is 11.6. The molecule has 1 aromatic heterocycles. The summed E-state index contributed by atoms with van der Waals surface area (Å²) in [7, 11) is 0. The van der Waals surface area contributed by atoms with Gasteiger partial charge >= 0.3 is 12.1 Å². The van der Waals surface area contributed by atoms with Crippen molar-refractivity contribution in [2.45, 2.75) is 18.0 Å². The number of benzene rings is 1. The average Bonchev–Trinajstić information content (AvgIpc) is 3.00. The second kappa shape index (κ2) is 5.36. The standard InChI is InChI=1S/C16H11F3O3/c17-16(18,19)13-9-11(12-7-4-8-21-12)14(15(20)22-13)10-5-2-1-3-6-10/h1-9,11,14H/t11-,14-/m0/s1. The molecule has 3 rings (SSSR count). The normalized spacial score (nSPS) is 22.1. The predicted octanol–water partition coefficient (Wildman–Crippen LogP) is 4.15. The number of allylic oxidation sites excluding steroid dienone is 2. The van der Waals surface area contributed by atoms with Gasteiger partial charge in [-0.05, 0) is 23.8 Å². The molecular formula is C16H11F3O3. The number of cyclic esters (lactones) is 1. The summed E-state index contributed by atoms with van der Waals surface area (Å²) in [5, 5.41) is 0. The minimum atomic E-state index is -4.72. The summed E-state index contributed by atoms with van der Waals surface area (Å²) < 4.78 is 48.4. The van der Waals surface area contributed by atoms with Crippen LogP contribution in [-0.2, 0) is 9.53 Å². The molecule has 2 atom stereocenters. The maximum Gasteiger partial charge on any atom is 0.449 e. The van der Waals surface area contributed by atoms with Gasteiger partial charge in [-0.25, -0.2) is 0 Å². The van der Waals surface area contributed by atoms with Crippen molar-refractivity contribution in [1.82, 2.24) is 0 Å². The van der Waals surface area contributed by atoms with E-state index < -0.39 is 29.7 Å². The van der Waals surface area contributed by atoms with Crippen LogP contribution in [0.4, 0.5) is 13.2 Å². The maximum atomic E-state index is 12.9. The molecule has 1 aliphatic heterocycles. The third kappa shape index (κ3) is 2.64. The van der Waals surface area contributed by atoms with E-state index in [4.69, 9.17) is 4.42 Å². The van der Waals surface area contributed by atoms with Gasteiger partial charge in [0.15, 0.2) is 0 Å². The Morgan fingerprint density at radius 3 is 2.32 bits per heavy atom. The van der Waals surface area contributed by atoms with Gasteiger partial charge < -0.3 is 9.15 Å². The number of hydrogen-bond donors (Lipinski definition) is 0. The van der Waals surface area contributed by atoms with Crippen LogP contribution in [0, 0.1) is 0 Å². The van der Waals surface area contributed by atoms with E-state index in [9.17, 15) is 18.0 Å². The van der Waals surface area contributed by atoms with Crippen LogP contribution >= 0.6 is 0 Å². The number of rotatable bonds is 2. The minimum absolute atomic E-state index is 0.284. The summed E-state index contributed by atoms with van der Waals surface area (Å²) in [6.45, 7) is 0. The lowest BCUT2D eigenvalue weighted by Gasteiger charge is -2.28. The van der Waals surface area contributed by atoms with E-state index in [2.05, 4.69) is 4.74 Å². The minimum Gasteiger partial charge on any atom is -0.469 e. The molecule has 2 aromatic rings. The number of halogens is 3. The lowest BCUT2D eigenvalue weighted by atomic mass is 9.82. The zero-order chi connectivity index (χ0) is 15.7. The van der Waals surface area contributed by atoms with Crippen molar-refractivity contribution in [2.75, 3.05) is 0 Å². The first-order valence-electron chi connectivity index (χ1n) is 6.56. The van der Waals surface area contributed by atoms with Crippen LogP contribution in [0.3, 0.4) is 0 Å². The molecule has 0 N–H and O–H groups in total. The van der Waals surface area contributed by atoms with Gasteiger partial charge in [0.25, 0.3) is 0 Å². The van der Waals surface area contributed by atoms with E-state index in [1.54, 1.807) is 42.5 Å². The van der Waals surface area contributed by atoms with Crippen molar-refractivity contribution in [3.8, 4) is 0 Å². The Balaban J connectivity index is 2.09. The Hall–Kier alpha value is -2.50. The molecule has 3 nitrogen and oxygen atoms in total. The van der Waals surface area contributed by atoms with Crippen molar-refractivity contribution in [2.24, 2.45) is 0 Å². The van der Waals surface area contributed by atoms with Crippen molar-refractivity contribution in [3.63, 3.8) is 0 Å². The number of esters is 1. The summed E-state index contributed by atoms with van der Waals surface area (Å²) >= 11 is 0. The van der Waals surface area contributed by atoms with Gasteiger partial charge in [-0.3, -0.25) is 4.79 Å². The molecule has 0 unspecified atom stereocenters. The zero-order valence-electron chi connectivity index (χ0n) is 11.2. The van der Waals surface area contributed by atoms with Gasteiger partial charge in [0.1, 0.15) is 5.76 Å². The number of furan rings is 1. The number of hydrogen-bond acceptors (Lipinski definition) is 3. The Morgan fingerprint density at radius 1 is 1.00 bits per heavy atom. The molecule has 1 aliphatic rings. The highest BCUT2D eigenvalue weighted by molar-refractivity contribution is 5.82. The Morgan fingerprint density at radius 2 is 1.73 bits per heavy atom. The van der Waals surface area contributed by atoms with Gasteiger partial charge in [0, 0.05) is 0 Å². The number of ether oxygens (including phenoxy) is 1. The Kier molecular flexibility index (Phi) is 3.52. The first-order valence-corrected chi connectivity index (χ1v) is 6.56. The molecule has 114 valence electrons. The lowest BCUT2D eigenvalue weighted by Crippen LogP contribution is -2.30. The number of carbonyl (C=O) groups is 1. The highest BCUT2D eigenvalue weighted by atomic mass is 19.4. The Labute approximate surface area is 124 Å². The van der Waals surface area contributed by atoms with Gasteiger partial charge in [0.05, 0.1) is 18.1 Å². The van der Waals surface area contributed by atoms with E-state index in [0.29, 0.717) is 5.56 Å². The van der Waals surface area contributed by atoms with Crippen molar-refractivity contribution < 1.29 is 27.1 Å². The second-order valence-electron chi connectivity index (χ2n) is 4.88. The fourth-order valence-corrected chi connectivity index (χ4v) is 2.50. The maximum absolute atomic E-state index is 12.9. The van der Waals surface area contributed by atoms with E-state index >= 15 is 0 Å². The third-order valence-electron chi connectivity index (χ3n) is 3.46. The lowest BCUT2D eigenvalue weighted by molar-refractivity contribution is -0.165. The fourth-order valence-electron chi connectivity index (χ4n) is 2.50. The molecule has 2 heterocycles. The summed E-state index contributed by atoms with van der Waals surface area (Å²) in [5.41, 5.74) is 0.575. The molecule has 1 aromatic carbocycles. The highest BCUT2D eigenvalue weighted by Gasteiger charge is 2.46. The van der Waals surface area contributed by atoms with Crippen LogP contribution < -0.4 is 0 Å². The van der Waals surface area contributed by atoms with E-state index in [1.807, 2.05) is 0 Å². The third-order valence-corrected chi connectivity index (χ3v) is 3.46. The molecule has 0 saturated heterocycles. The zero-order valence-corrected chi connectivity index (χ0v) is 11.2. The van der Waals surface area contributed by atoms with E-state index in [0.717, 1.165) is 6.08 Å². The molecule has 0 bridgehead atoms. The van der Waals surface area contributed by atoms with Crippen molar-refractivity contribution in [3.05, 3.63) is 71.9 Å². The van der Waals surface area contributed by atoms with Crippen molar-refractivity contribution in [1.29, 1.82) is 0 Å². The largest absolute Gasteiger partial charge is 0.469 e. The van der Waals surface area contributed by atoms with E-state index in [1.165, 1.54) is 6.26 Å². The molecular weight excluding hydrogens is 297 g/mol. The fraction of sp³-hybridized carbons (Fsp3) is 0.188. The second-order valence-corrected chi connectivity index (χ2v) is 4.88. The van der Waals surface area contributed by atoms with E-state index in [-0.39, 0.29) is 5.76 Å². The number of alkyl halides is 3. The molecule has 0 radical (unpaired) electrons. The predicted molar refractivity (Wildman–Crippen MR) is 70.9 cm³/mol. The average molecular weight is 308 g/mol. The van der Waals surface area contributed by atoms with Gasteiger partial charge in [-0.1, -0.05) is 30.3 Å². The van der Waals surface area contributed by atoms with Gasteiger partial charge in [-0.2, -0.15) is 13.2 Å². The molecule has 6 heteroatoms. The van der Waals surface area contributed by atoms with Crippen LogP contribution in [-0.4, -0.2) is 12.1 Å². The summed E-state index contributed by atoms with van der Waals surface area (Å²) in [6.07, 6.45) is -2.46. The summed E-state index contributed by atoms with van der Waals surface area (Å²) in [5.74, 6) is -3.70. The van der Waals surface area contributed by atoms with Gasteiger partial charge in [0.2, 0.25) is 5.76 Å². The monoisotopic (exact) mass is 308 g/mol. The van der Waals surface area contributed by atoms with Crippen LogP contribution in [0.25, 0.3) is 0 Å². The first kappa shape index (κ1) is 14.4. The van der Waals surface area contributed by atoms with Crippen LogP contribution in [0.15, 0.2) is 65.0 Å². The number of carbonyl (C=O) groups excluding carboxylic acids is 1. The summed E-state index contributed by atoms with van der Waals surface area (Å²) in [4.78, 5) is 12.2. The SMILES string of the molecule is O=C1OC(C(F)(F)F)=C[C@@H](c2ccco2)[C@@H]1c1ccccc1. The highest BCUT2D eigenvalue weighted by Crippen LogP contribution is 2.43. The first-order chi connectivity index (χ1) is 10.5.